The lowest BCUT2D eigenvalue weighted by Gasteiger charge is -2.38. The van der Waals surface area contributed by atoms with Gasteiger partial charge in [0.05, 0.1) is 0 Å². The number of aliphatic imine (C=N–C) groups is 1. The maximum atomic E-state index is 4.43. The van der Waals surface area contributed by atoms with Crippen LogP contribution in [0, 0.1) is 11.3 Å². The van der Waals surface area contributed by atoms with Gasteiger partial charge in [0.2, 0.25) is 0 Å². The van der Waals surface area contributed by atoms with Gasteiger partial charge in [0.15, 0.2) is 5.96 Å². The Morgan fingerprint density at radius 1 is 1.38 bits per heavy atom. The van der Waals surface area contributed by atoms with Gasteiger partial charge in [-0.25, -0.2) is 0 Å². The maximum absolute atomic E-state index is 4.43. The van der Waals surface area contributed by atoms with Crippen LogP contribution in [0.5, 0.6) is 0 Å². The number of nitrogens with one attached hydrogen (secondary N) is 1. The highest BCUT2D eigenvalue weighted by Gasteiger charge is 2.43. The Bertz CT molecular complexity index is 290. The fraction of sp³-hybridized carbons (Fsp3) is 0.923. The van der Waals surface area contributed by atoms with Gasteiger partial charge in [0.25, 0.3) is 0 Å². The summed E-state index contributed by atoms with van der Waals surface area (Å²) in [5.41, 5.74) is 0.678. The van der Waals surface area contributed by atoms with Gasteiger partial charge in [-0.3, -0.25) is 4.99 Å². The summed E-state index contributed by atoms with van der Waals surface area (Å²) in [6, 6.07) is 0. The second-order valence-electron chi connectivity index (χ2n) is 5.90. The lowest BCUT2D eigenvalue weighted by Crippen LogP contribution is -2.43. The quantitative estimate of drug-likeness (QED) is 0.569. The Morgan fingerprint density at radius 3 is 2.69 bits per heavy atom. The summed E-state index contributed by atoms with van der Waals surface area (Å²) in [6.45, 7) is 3.60. The van der Waals surface area contributed by atoms with Crippen molar-refractivity contribution in [1.82, 2.24) is 10.2 Å². The molecule has 90 valence electrons. The average molecular weight is 221 g/mol. The van der Waals surface area contributed by atoms with E-state index in [1.54, 1.807) is 0 Å². The topological polar surface area (TPSA) is 27.6 Å². The molecule has 2 saturated carbocycles. The first-order valence-electron chi connectivity index (χ1n) is 6.77. The zero-order valence-corrected chi connectivity index (χ0v) is 10.3. The van der Waals surface area contributed by atoms with Crippen molar-refractivity contribution < 1.29 is 0 Å². The Labute approximate surface area is 98.3 Å². The molecule has 1 spiro atoms. The van der Waals surface area contributed by atoms with E-state index in [-0.39, 0.29) is 0 Å². The van der Waals surface area contributed by atoms with Crippen LogP contribution in [0.1, 0.15) is 38.5 Å². The zero-order valence-electron chi connectivity index (χ0n) is 10.3. The van der Waals surface area contributed by atoms with Gasteiger partial charge in [-0.2, -0.15) is 0 Å². The fourth-order valence-electron chi connectivity index (χ4n) is 3.09. The first-order valence-corrected chi connectivity index (χ1v) is 6.77. The summed E-state index contributed by atoms with van der Waals surface area (Å²) in [6.07, 6.45) is 8.55. The van der Waals surface area contributed by atoms with E-state index in [1.165, 1.54) is 51.6 Å². The summed E-state index contributed by atoms with van der Waals surface area (Å²) in [5, 5.41) is 3.54. The van der Waals surface area contributed by atoms with Crippen LogP contribution in [0.25, 0.3) is 0 Å². The van der Waals surface area contributed by atoms with Crippen LogP contribution in [0.15, 0.2) is 4.99 Å². The molecule has 1 saturated heterocycles. The minimum Gasteiger partial charge on any atom is -0.356 e. The van der Waals surface area contributed by atoms with E-state index in [0.29, 0.717) is 5.41 Å². The predicted octanol–water partition coefficient (Wildman–Crippen LogP) is 1.85. The molecule has 16 heavy (non-hydrogen) atoms. The number of rotatable bonds is 2. The highest BCUT2D eigenvalue weighted by molar-refractivity contribution is 5.80. The molecule has 0 aromatic carbocycles. The predicted molar refractivity (Wildman–Crippen MR) is 66.6 cm³/mol. The Kier molecular flexibility index (Phi) is 2.56. The molecule has 3 aliphatic rings. The lowest BCUT2D eigenvalue weighted by molar-refractivity contribution is 0.151. The highest BCUT2D eigenvalue weighted by atomic mass is 15.3. The number of likely N-dealkylation sites (tertiary alicyclic amines) is 1. The summed E-state index contributed by atoms with van der Waals surface area (Å²) >= 11 is 0. The van der Waals surface area contributed by atoms with Gasteiger partial charge in [-0.05, 0) is 43.4 Å². The molecule has 0 aromatic rings. The maximum Gasteiger partial charge on any atom is 0.193 e. The van der Waals surface area contributed by atoms with E-state index in [4.69, 9.17) is 0 Å². The van der Waals surface area contributed by atoms with Gasteiger partial charge in [-0.15, -0.1) is 0 Å². The van der Waals surface area contributed by atoms with Crippen molar-refractivity contribution in [2.24, 2.45) is 16.3 Å². The van der Waals surface area contributed by atoms with E-state index in [1.807, 2.05) is 7.05 Å². The van der Waals surface area contributed by atoms with Crippen LogP contribution in [0.4, 0.5) is 0 Å². The van der Waals surface area contributed by atoms with Crippen LogP contribution in [-0.4, -0.2) is 37.5 Å². The molecule has 0 atom stereocenters. The van der Waals surface area contributed by atoms with Gasteiger partial charge >= 0.3 is 0 Å². The molecule has 0 amide bonds. The van der Waals surface area contributed by atoms with Crippen molar-refractivity contribution in [3.05, 3.63) is 0 Å². The smallest absolute Gasteiger partial charge is 0.193 e. The van der Waals surface area contributed by atoms with Crippen LogP contribution in [0.3, 0.4) is 0 Å². The molecule has 3 fully saturated rings. The van der Waals surface area contributed by atoms with Crippen molar-refractivity contribution in [2.45, 2.75) is 38.5 Å². The van der Waals surface area contributed by atoms with Crippen molar-refractivity contribution in [1.29, 1.82) is 0 Å². The van der Waals surface area contributed by atoms with E-state index in [9.17, 15) is 0 Å². The third-order valence-electron chi connectivity index (χ3n) is 4.61. The molecule has 3 nitrogen and oxygen atoms in total. The van der Waals surface area contributed by atoms with Crippen LogP contribution < -0.4 is 5.32 Å². The number of hydrogen-bond donors (Lipinski definition) is 1. The Balaban J connectivity index is 1.54. The molecule has 3 heteroatoms. The second kappa shape index (κ2) is 3.94. The molecule has 2 aliphatic carbocycles. The van der Waals surface area contributed by atoms with Crippen LogP contribution in [0.2, 0.25) is 0 Å². The van der Waals surface area contributed by atoms with Crippen LogP contribution >= 0.6 is 0 Å². The first kappa shape index (κ1) is 10.4. The summed E-state index contributed by atoms with van der Waals surface area (Å²) in [4.78, 5) is 6.90. The molecule has 3 rings (SSSR count). The molecule has 0 aromatic heterocycles. The molecule has 0 unspecified atom stereocenters. The summed E-state index contributed by atoms with van der Waals surface area (Å²) < 4.78 is 0. The minimum atomic E-state index is 0.678. The van der Waals surface area contributed by atoms with Crippen LogP contribution in [-0.2, 0) is 0 Å². The minimum absolute atomic E-state index is 0.678. The van der Waals surface area contributed by atoms with E-state index < -0.39 is 0 Å². The SMILES string of the molecule is CN=C(NCC1CC1)N1CCC2(CCC2)C1. The lowest BCUT2D eigenvalue weighted by atomic mass is 9.68. The second-order valence-corrected chi connectivity index (χ2v) is 5.90. The van der Waals surface area contributed by atoms with Crippen molar-refractivity contribution in [3.63, 3.8) is 0 Å². The van der Waals surface area contributed by atoms with E-state index >= 15 is 0 Å². The molecular weight excluding hydrogens is 198 g/mol. The molecule has 1 heterocycles. The Hall–Kier alpha value is -0.730. The monoisotopic (exact) mass is 221 g/mol. The molecule has 1 aliphatic heterocycles. The summed E-state index contributed by atoms with van der Waals surface area (Å²) in [7, 11) is 1.92. The highest BCUT2D eigenvalue weighted by Crippen LogP contribution is 2.47. The van der Waals surface area contributed by atoms with Gasteiger partial charge in [0, 0.05) is 26.7 Å². The fourth-order valence-corrected chi connectivity index (χ4v) is 3.09. The Morgan fingerprint density at radius 2 is 2.19 bits per heavy atom. The number of guanidine groups is 1. The average Bonchev–Trinajstić information content (AvgIpc) is 2.94. The normalized spacial score (nSPS) is 28.3. The van der Waals surface area contributed by atoms with E-state index in [0.717, 1.165) is 18.4 Å². The molecular formula is C13H23N3. The van der Waals surface area contributed by atoms with Gasteiger partial charge in [0.1, 0.15) is 0 Å². The third kappa shape index (κ3) is 1.92. The first-order chi connectivity index (χ1) is 7.81. The third-order valence-corrected chi connectivity index (χ3v) is 4.61. The van der Waals surface area contributed by atoms with Crippen molar-refractivity contribution >= 4 is 5.96 Å². The number of nitrogens with zero attached hydrogens (tertiary/aromatic N) is 2. The summed E-state index contributed by atoms with van der Waals surface area (Å²) in [5.74, 6) is 2.08. The van der Waals surface area contributed by atoms with Crippen molar-refractivity contribution in [3.8, 4) is 0 Å². The van der Waals surface area contributed by atoms with Gasteiger partial charge in [-0.1, -0.05) is 6.42 Å². The number of hydrogen-bond acceptors (Lipinski definition) is 1. The molecule has 0 radical (unpaired) electrons. The molecule has 0 bridgehead atoms. The van der Waals surface area contributed by atoms with Gasteiger partial charge < -0.3 is 10.2 Å². The largest absolute Gasteiger partial charge is 0.356 e. The standard InChI is InChI=1S/C13H23N3/c1-14-12(15-9-11-3-4-11)16-8-7-13(10-16)5-2-6-13/h11H,2-10H2,1H3,(H,14,15). The van der Waals surface area contributed by atoms with Crippen molar-refractivity contribution in [2.75, 3.05) is 26.7 Å². The molecule has 1 N–H and O–H groups in total. The zero-order chi connectivity index (χ0) is 11.0. The van der Waals surface area contributed by atoms with E-state index in [2.05, 4.69) is 15.2 Å².